The predicted octanol–water partition coefficient (Wildman–Crippen LogP) is 9.86. The van der Waals surface area contributed by atoms with Gasteiger partial charge < -0.3 is 0 Å². The van der Waals surface area contributed by atoms with Crippen molar-refractivity contribution in [3.63, 3.8) is 0 Å². The normalized spacial score (nSPS) is 11.9. The van der Waals surface area contributed by atoms with Gasteiger partial charge in [0.2, 0.25) is 0 Å². The zero-order chi connectivity index (χ0) is 25.6. The highest BCUT2D eigenvalue weighted by Crippen LogP contribution is 2.47. The van der Waals surface area contributed by atoms with Gasteiger partial charge >= 0.3 is 0 Å². The maximum absolute atomic E-state index is 2.57. The molecule has 0 N–H and O–H groups in total. The first-order chi connectivity index (χ1) is 16.1. The lowest BCUT2D eigenvalue weighted by molar-refractivity contribution is 0.721. The van der Waals surface area contributed by atoms with Crippen LogP contribution in [0.2, 0.25) is 0 Å². The minimum atomic E-state index is -0.202. The molecular weight excluding hydrogens is 427 g/mol. The molecule has 0 saturated heterocycles. The molecule has 0 atom stereocenters. The minimum Gasteiger partial charge on any atom is -0.0738 e. The summed E-state index contributed by atoms with van der Waals surface area (Å²) in [4.78, 5) is 0. The van der Waals surface area contributed by atoms with Crippen molar-refractivity contribution in [3.8, 4) is 11.1 Å². The molecule has 0 nitrogen and oxygen atoms in total. The van der Waals surface area contributed by atoms with Gasteiger partial charge in [-0.05, 0) is 126 Å². The van der Waals surface area contributed by atoms with Crippen LogP contribution in [0.3, 0.4) is 0 Å². The maximum Gasteiger partial charge on any atom is -0.00666 e. The van der Waals surface area contributed by atoms with Crippen molar-refractivity contribution in [3.05, 3.63) is 51.1 Å². The summed E-state index contributed by atoms with van der Waals surface area (Å²) in [6.45, 7) is 26.3. The topological polar surface area (TPSA) is 0 Å². The molecule has 0 radical (unpaired) electrons. The van der Waals surface area contributed by atoms with Crippen molar-refractivity contribution in [2.45, 2.75) is 115 Å². The highest BCUT2D eigenvalue weighted by molar-refractivity contribution is 7.66. The lowest BCUT2D eigenvalue weighted by atomic mass is 9.83. The van der Waals surface area contributed by atoms with Crippen LogP contribution in [-0.2, 0) is 19.3 Å². The molecule has 0 spiro atoms. The van der Waals surface area contributed by atoms with Crippen LogP contribution in [0.15, 0.2) is 12.1 Å². The molecule has 0 aliphatic rings. The van der Waals surface area contributed by atoms with E-state index in [0.717, 1.165) is 11.8 Å². The van der Waals surface area contributed by atoms with E-state index in [2.05, 4.69) is 88.3 Å². The fraction of sp³-hybridized carbons (Fsp3) is 0.636. The van der Waals surface area contributed by atoms with Gasteiger partial charge in [0.05, 0.1) is 0 Å². The number of hydrogen-bond acceptors (Lipinski definition) is 0. The third-order valence-corrected chi connectivity index (χ3v) is 10.9. The van der Waals surface area contributed by atoms with Crippen LogP contribution < -0.4 is 5.30 Å². The second-order valence-corrected chi connectivity index (χ2v) is 13.7. The standard InChI is InChI=1S/C33H53P/c1-12-15-28-18-29(16-13-2)32(30(19-28)17-14-3)31-26(10)24(8)25(9)27(11)33(31)34(20-22(4)5)21-23(6)7/h18-19,22-23H,12-17,20-21H2,1-11H3. The van der Waals surface area contributed by atoms with Crippen LogP contribution in [0.5, 0.6) is 0 Å². The first-order valence-corrected chi connectivity index (χ1v) is 15.8. The molecule has 0 heterocycles. The summed E-state index contributed by atoms with van der Waals surface area (Å²) in [6, 6.07) is 5.14. The van der Waals surface area contributed by atoms with Gasteiger partial charge in [-0.25, -0.2) is 0 Å². The average Bonchev–Trinajstić information content (AvgIpc) is 2.75. The summed E-state index contributed by atoms with van der Waals surface area (Å²) in [5, 5.41) is 1.73. The molecule has 0 aliphatic carbocycles. The van der Waals surface area contributed by atoms with Crippen LogP contribution in [-0.4, -0.2) is 12.3 Å². The Balaban J connectivity index is 3.02. The van der Waals surface area contributed by atoms with Crippen LogP contribution >= 0.6 is 7.92 Å². The van der Waals surface area contributed by atoms with Gasteiger partial charge in [-0.3, -0.25) is 0 Å². The molecule has 0 fully saturated rings. The maximum atomic E-state index is 2.57. The van der Waals surface area contributed by atoms with E-state index in [1.54, 1.807) is 38.7 Å². The predicted molar refractivity (Wildman–Crippen MR) is 159 cm³/mol. The summed E-state index contributed by atoms with van der Waals surface area (Å²) >= 11 is 0. The second-order valence-electron chi connectivity index (χ2n) is 11.5. The summed E-state index contributed by atoms with van der Waals surface area (Å²) in [7, 11) is -0.202. The largest absolute Gasteiger partial charge is 0.0738 e. The molecule has 0 bridgehead atoms. The lowest BCUT2D eigenvalue weighted by Gasteiger charge is -2.32. The first-order valence-electron chi connectivity index (χ1n) is 14.1. The van der Waals surface area contributed by atoms with Crippen LogP contribution in [0, 0.1) is 39.5 Å². The van der Waals surface area contributed by atoms with Crippen LogP contribution in [0.4, 0.5) is 0 Å². The number of rotatable bonds is 12. The Hall–Kier alpha value is -1.13. The van der Waals surface area contributed by atoms with Crippen molar-refractivity contribution in [1.29, 1.82) is 0 Å². The van der Waals surface area contributed by atoms with Gasteiger partial charge in [0.25, 0.3) is 0 Å². The molecule has 0 aliphatic heterocycles. The smallest absolute Gasteiger partial charge is 0.00666 e. The van der Waals surface area contributed by atoms with Gasteiger partial charge in [-0.15, -0.1) is 0 Å². The molecule has 34 heavy (non-hydrogen) atoms. The summed E-state index contributed by atoms with van der Waals surface area (Å²) in [6.07, 6.45) is 9.86. The van der Waals surface area contributed by atoms with Crippen molar-refractivity contribution < 1.29 is 0 Å². The van der Waals surface area contributed by atoms with E-state index in [0.29, 0.717) is 0 Å². The minimum absolute atomic E-state index is 0.202. The zero-order valence-corrected chi connectivity index (χ0v) is 25.3. The van der Waals surface area contributed by atoms with E-state index in [1.165, 1.54) is 67.5 Å². The fourth-order valence-electron chi connectivity index (χ4n) is 5.66. The van der Waals surface area contributed by atoms with E-state index in [9.17, 15) is 0 Å². The average molecular weight is 481 g/mol. The molecule has 2 aromatic carbocycles. The van der Waals surface area contributed by atoms with Crippen LogP contribution in [0.25, 0.3) is 11.1 Å². The van der Waals surface area contributed by atoms with E-state index in [1.807, 2.05) is 0 Å². The van der Waals surface area contributed by atoms with E-state index in [4.69, 9.17) is 0 Å². The zero-order valence-electron chi connectivity index (χ0n) is 24.4. The van der Waals surface area contributed by atoms with E-state index in [-0.39, 0.29) is 7.92 Å². The summed E-state index contributed by atoms with van der Waals surface area (Å²) < 4.78 is 0. The fourth-order valence-corrected chi connectivity index (χ4v) is 9.17. The Labute approximate surface area is 214 Å². The van der Waals surface area contributed by atoms with Crippen molar-refractivity contribution >= 4 is 13.2 Å². The van der Waals surface area contributed by atoms with Crippen molar-refractivity contribution in [1.82, 2.24) is 0 Å². The molecule has 2 rings (SSSR count). The molecule has 190 valence electrons. The molecule has 0 saturated carbocycles. The highest BCUT2D eigenvalue weighted by Gasteiger charge is 2.27. The quantitative estimate of drug-likeness (QED) is 0.265. The first kappa shape index (κ1) is 29.1. The van der Waals surface area contributed by atoms with Gasteiger partial charge in [-0.1, -0.05) is 87.8 Å². The van der Waals surface area contributed by atoms with Crippen molar-refractivity contribution in [2.75, 3.05) is 12.3 Å². The molecule has 0 amide bonds. The van der Waals surface area contributed by atoms with Gasteiger partial charge in [0.15, 0.2) is 0 Å². The molecule has 1 heteroatoms. The van der Waals surface area contributed by atoms with Gasteiger partial charge in [0.1, 0.15) is 0 Å². The van der Waals surface area contributed by atoms with E-state index < -0.39 is 0 Å². The molecule has 0 unspecified atom stereocenters. The van der Waals surface area contributed by atoms with E-state index >= 15 is 0 Å². The lowest BCUT2D eigenvalue weighted by Crippen LogP contribution is -2.21. The Morgan fingerprint density at radius 2 is 1.03 bits per heavy atom. The Morgan fingerprint density at radius 3 is 1.44 bits per heavy atom. The van der Waals surface area contributed by atoms with Gasteiger partial charge in [0, 0.05) is 0 Å². The molecule has 2 aromatic rings. The monoisotopic (exact) mass is 480 g/mol. The van der Waals surface area contributed by atoms with Gasteiger partial charge in [-0.2, -0.15) is 0 Å². The third-order valence-electron chi connectivity index (χ3n) is 7.33. The Kier molecular flexibility index (Phi) is 11.3. The van der Waals surface area contributed by atoms with Crippen LogP contribution in [0.1, 0.15) is 107 Å². The summed E-state index contributed by atoms with van der Waals surface area (Å²) in [5.74, 6) is 1.47. The molecule has 0 aromatic heterocycles. The molecular formula is C33H53P. The highest BCUT2D eigenvalue weighted by atomic mass is 31.1. The number of aryl methyl sites for hydroxylation is 3. The Bertz CT molecular complexity index is 911. The Morgan fingerprint density at radius 1 is 0.588 bits per heavy atom. The number of hydrogen-bond donors (Lipinski definition) is 0. The summed E-state index contributed by atoms with van der Waals surface area (Å²) in [5.41, 5.74) is 14.1. The number of benzene rings is 2. The second kappa shape index (κ2) is 13.3. The SMILES string of the molecule is CCCc1cc(CCC)c(-c2c(C)c(C)c(C)c(C)c2P(CC(C)C)CC(C)C)c(CCC)c1. The third kappa shape index (κ3) is 6.75. The van der Waals surface area contributed by atoms with Crippen molar-refractivity contribution in [2.24, 2.45) is 11.8 Å².